The molecule has 1 saturated carbocycles. The number of halogens is 2. The van der Waals surface area contributed by atoms with Crippen molar-refractivity contribution >= 4 is 63.6 Å². The molecule has 4 aliphatic rings. The summed E-state index contributed by atoms with van der Waals surface area (Å²) in [5.41, 5.74) is 4.17. The molecule has 0 radical (unpaired) electrons. The summed E-state index contributed by atoms with van der Waals surface area (Å²) in [6.07, 6.45) is 1.87. The topological polar surface area (TPSA) is 130 Å². The molecule has 0 bridgehead atoms. The number of carbonyl (C=O) groups is 4. The number of likely N-dealkylation sites (tertiary alicyclic amines) is 1. The lowest BCUT2D eigenvalue weighted by atomic mass is 9.56. The highest BCUT2D eigenvalue weighted by atomic mass is 35.5. The van der Waals surface area contributed by atoms with Gasteiger partial charge >= 0.3 is 0 Å². The second kappa shape index (κ2) is 12.0. The van der Waals surface area contributed by atoms with Crippen LogP contribution in [0.5, 0.6) is 11.5 Å². The van der Waals surface area contributed by atoms with Crippen molar-refractivity contribution in [3.05, 3.63) is 120 Å². The highest BCUT2D eigenvalue weighted by Gasteiger charge is 2.76. The average molecular weight is 749 g/mol. The van der Waals surface area contributed by atoms with E-state index in [0.29, 0.717) is 39.6 Å². The van der Waals surface area contributed by atoms with Gasteiger partial charge in [-0.05, 0) is 66.8 Å². The maximum Gasteiger partial charge on any atom is 0.253 e. The Hall–Kier alpha value is -5.45. The van der Waals surface area contributed by atoms with Crippen molar-refractivity contribution in [2.24, 2.45) is 17.8 Å². The highest BCUT2D eigenvalue weighted by Crippen LogP contribution is 2.66. The van der Waals surface area contributed by atoms with Gasteiger partial charge in [0.1, 0.15) is 23.6 Å². The Morgan fingerprint density at radius 1 is 0.887 bits per heavy atom. The van der Waals surface area contributed by atoms with E-state index in [1.54, 1.807) is 36.4 Å². The summed E-state index contributed by atoms with van der Waals surface area (Å²) in [5.74, 6) is -5.10. The zero-order valence-corrected chi connectivity index (χ0v) is 29.8. The third kappa shape index (κ3) is 4.81. The van der Waals surface area contributed by atoms with E-state index in [9.17, 15) is 24.3 Å². The van der Waals surface area contributed by atoms with Gasteiger partial charge in [-0.15, -0.1) is 23.2 Å². The molecule has 1 aromatic heterocycles. The van der Waals surface area contributed by atoms with Crippen LogP contribution in [-0.4, -0.2) is 55.4 Å². The summed E-state index contributed by atoms with van der Waals surface area (Å²) in [5, 5.41) is 11.5. The molecule has 3 heterocycles. The van der Waals surface area contributed by atoms with Gasteiger partial charge in [0.15, 0.2) is 15.3 Å². The quantitative estimate of drug-likeness (QED) is 0.112. The van der Waals surface area contributed by atoms with Crippen LogP contribution in [0.15, 0.2) is 113 Å². The van der Waals surface area contributed by atoms with E-state index in [1.165, 1.54) is 18.0 Å². The summed E-state index contributed by atoms with van der Waals surface area (Å²) in [4.78, 5) is 58.9. The molecule has 4 amide bonds. The Kier molecular flexibility index (Phi) is 7.59. The van der Waals surface area contributed by atoms with E-state index in [0.717, 1.165) is 10.5 Å². The number of nitrogens with zero attached hydrogens (tertiary/aromatic N) is 3. The molecule has 10 nitrogen and oxygen atoms in total. The Labute approximate surface area is 313 Å². The van der Waals surface area contributed by atoms with E-state index in [1.807, 2.05) is 60.7 Å². The Morgan fingerprint density at radius 3 is 2.36 bits per heavy atom. The molecule has 5 aromatic rings. The number of fused-ring (bicyclic) bond motifs is 5. The summed E-state index contributed by atoms with van der Waals surface area (Å²) in [6.45, 7) is 0.257. The lowest BCUT2D eigenvalue weighted by Gasteiger charge is -2.50. The van der Waals surface area contributed by atoms with E-state index < -0.39 is 51.1 Å². The first-order chi connectivity index (χ1) is 25.5. The summed E-state index contributed by atoms with van der Waals surface area (Å²) >= 11 is 14.6. The second-order valence-corrected chi connectivity index (χ2v) is 15.3. The van der Waals surface area contributed by atoms with Crippen LogP contribution in [0, 0.1) is 17.8 Å². The number of ether oxygens (including phenoxy) is 1. The van der Waals surface area contributed by atoms with Crippen LogP contribution in [0.1, 0.15) is 29.9 Å². The fraction of sp³-hybridized carbons (Fsp3) is 0.244. The molecule has 266 valence electrons. The van der Waals surface area contributed by atoms with Crippen molar-refractivity contribution in [2.45, 2.75) is 35.1 Å². The Morgan fingerprint density at radius 2 is 1.62 bits per heavy atom. The summed E-state index contributed by atoms with van der Waals surface area (Å²) in [6, 6.07) is 28.5. The van der Waals surface area contributed by atoms with E-state index in [2.05, 4.69) is 4.98 Å². The van der Waals surface area contributed by atoms with Gasteiger partial charge in [0.25, 0.3) is 11.8 Å². The maximum atomic E-state index is 14.5. The zero-order chi connectivity index (χ0) is 36.8. The van der Waals surface area contributed by atoms with Crippen LogP contribution in [0.25, 0.3) is 22.6 Å². The number of allylic oxidation sites excluding steroid dienone is 2. The number of benzene rings is 4. The SMILES string of the molecule is CN1C(=O)[C@]2(Cl)C[C@@H]3C(=CC[C@@H]4C(=O)N(c5ccc(-c6nc7ccccc7o6)cc5)C(=O)[C@@H]43)[C@H](c3ccc(OCc4ccccc4)cc3O)[C@]2(Cl)C1=O. The first-order valence-corrected chi connectivity index (χ1v) is 18.0. The average Bonchev–Trinajstić information content (AvgIpc) is 3.76. The Balaban J connectivity index is 1.06. The smallest absolute Gasteiger partial charge is 0.253 e. The highest BCUT2D eigenvalue weighted by molar-refractivity contribution is 6.53. The van der Waals surface area contributed by atoms with Crippen LogP contribution in [0.3, 0.4) is 0 Å². The van der Waals surface area contributed by atoms with E-state index >= 15 is 0 Å². The van der Waals surface area contributed by atoms with E-state index in [4.69, 9.17) is 32.4 Å². The van der Waals surface area contributed by atoms with Gasteiger partial charge in [0.05, 0.1) is 17.5 Å². The first kappa shape index (κ1) is 33.4. The zero-order valence-electron chi connectivity index (χ0n) is 28.2. The number of aromatic hydroxyl groups is 1. The van der Waals surface area contributed by atoms with Crippen molar-refractivity contribution < 1.29 is 33.4 Å². The lowest BCUT2D eigenvalue weighted by molar-refractivity contribution is -0.138. The number of aromatic nitrogens is 1. The van der Waals surface area contributed by atoms with Crippen LogP contribution in [0.2, 0.25) is 0 Å². The first-order valence-electron chi connectivity index (χ1n) is 17.2. The molecule has 6 atom stereocenters. The maximum absolute atomic E-state index is 14.5. The van der Waals surface area contributed by atoms with Crippen LogP contribution >= 0.6 is 23.2 Å². The number of carbonyl (C=O) groups excluding carboxylic acids is 4. The number of phenolic OH excluding ortho intramolecular Hbond substituents is 1. The number of imide groups is 2. The third-order valence-corrected chi connectivity index (χ3v) is 12.7. The standard InChI is InChI=1S/C41H31Cl2N3O7/c1-45-38(50)40(42)20-29-26(34(41(40,43)39(45)51)27-16-15-25(19-31(27)47)52-21-22-7-3-2-4-8-22)17-18-28-33(29)37(49)46(36(28)48)24-13-11-23(12-14-24)35-44-30-9-5-6-10-32(30)53-35/h2-17,19,28-29,33-34,47H,18,20-21H2,1H3/t28-,29+,33-,34+,40+,41-/m0/s1. The van der Waals surface area contributed by atoms with E-state index in [-0.39, 0.29) is 36.7 Å². The predicted octanol–water partition coefficient (Wildman–Crippen LogP) is 6.97. The van der Waals surface area contributed by atoms with Crippen molar-refractivity contribution in [1.29, 1.82) is 0 Å². The Bertz CT molecular complexity index is 2360. The van der Waals surface area contributed by atoms with Crippen molar-refractivity contribution in [1.82, 2.24) is 9.88 Å². The van der Waals surface area contributed by atoms with Gasteiger partial charge in [-0.1, -0.05) is 60.2 Å². The fourth-order valence-electron chi connectivity index (χ4n) is 8.69. The van der Waals surface area contributed by atoms with Gasteiger partial charge in [-0.2, -0.15) is 0 Å². The minimum absolute atomic E-state index is 0.154. The van der Waals surface area contributed by atoms with Crippen molar-refractivity contribution in [3.8, 4) is 23.0 Å². The number of oxazole rings is 1. The minimum atomic E-state index is -2.02. The van der Waals surface area contributed by atoms with Crippen molar-refractivity contribution in [2.75, 3.05) is 11.9 Å². The molecule has 0 spiro atoms. The monoisotopic (exact) mass is 747 g/mol. The molecule has 4 aromatic carbocycles. The second-order valence-electron chi connectivity index (χ2n) is 14.0. The third-order valence-electron chi connectivity index (χ3n) is 11.2. The molecule has 1 N–H and O–H groups in total. The molecule has 12 heteroatoms. The number of anilines is 1. The summed E-state index contributed by atoms with van der Waals surface area (Å²) < 4.78 is 11.8. The van der Waals surface area contributed by atoms with Gasteiger partial charge in [0, 0.05) is 30.2 Å². The van der Waals surface area contributed by atoms with Crippen LogP contribution in [0.4, 0.5) is 5.69 Å². The lowest BCUT2D eigenvalue weighted by Crippen LogP contribution is -2.60. The van der Waals surface area contributed by atoms with Gasteiger partial charge in [-0.25, -0.2) is 4.98 Å². The number of hydrogen-bond donors (Lipinski definition) is 1. The molecular formula is C41H31Cl2N3O7. The molecule has 2 aliphatic heterocycles. The molecule has 9 rings (SSSR count). The molecule has 53 heavy (non-hydrogen) atoms. The number of amides is 4. The summed E-state index contributed by atoms with van der Waals surface area (Å²) in [7, 11) is 1.33. The number of hydrogen-bond acceptors (Lipinski definition) is 8. The predicted molar refractivity (Wildman–Crippen MR) is 196 cm³/mol. The molecule has 0 unspecified atom stereocenters. The number of phenols is 1. The van der Waals surface area contributed by atoms with Crippen molar-refractivity contribution in [3.63, 3.8) is 0 Å². The minimum Gasteiger partial charge on any atom is -0.508 e. The van der Waals surface area contributed by atoms with Gasteiger partial charge in [0.2, 0.25) is 17.7 Å². The number of alkyl halides is 2. The number of rotatable bonds is 6. The van der Waals surface area contributed by atoms with Crippen LogP contribution < -0.4 is 9.64 Å². The molecule has 2 aliphatic carbocycles. The van der Waals surface area contributed by atoms with Gasteiger partial charge < -0.3 is 14.3 Å². The van der Waals surface area contributed by atoms with Crippen LogP contribution in [-0.2, 0) is 25.8 Å². The largest absolute Gasteiger partial charge is 0.508 e. The molecule has 2 saturated heterocycles. The molecule has 3 fully saturated rings. The fourth-order valence-corrected chi connectivity index (χ4v) is 9.70. The number of para-hydroxylation sites is 2. The molecular weight excluding hydrogens is 717 g/mol. The van der Waals surface area contributed by atoms with Gasteiger partial charge in [-0.3, -0.25) is 29.0 Å². The normalized spacial score (nSPS) is 27.9.